The second kappa shape index (κ2) is 4.59. The number of hydrogen-bond acceptors (Lipinski definition) is 2. The molecule has 2 rings (SSSR count). The van der Waals surface area contributed by atoms with E-state index in [0.29, 0.717) is 10.6 Å². The predicted molar refractivity (Wildman–Crippen MR) is 66.9 cm³/mol. The van der Waals surface area contributed by atoms with Crippen LogP contribution in [-0.4, -0.2) is 15.7 Å². The molecular weight excluding hydrogens is 238 g/mol. The minimum absolute atomic E-state index is 0.400. The number of carbonyl (C=O) groups is 1. The van der Waals surface area contributed by atoms with Gasteiger partial charge in [-0.15, -0.1) is 0 Å². The van der Waals surface area contributed by atoms with E-state index in [1.54, 1.807) is 29.1 Å². The van der Waals surface area contributed by atoms with Gasteiger partial charge in [-0.05, 0) is 30.7 Å². The Hall–Kier alpha value is -1.81. The van der Waals surface area contributed by atoms with Crippen LogP contribution in [0.3, 0.4) is 0 Å². The molecule has 88 valence electrons. The highest BCUT2D eigenvalue weighted by Crippen LogP contribution is 2.24. The molecule has 0 aliphatic carbocycles. The summed E-state index contributed by atoms with van der Waals surface area (Å²) >= 11 is 5.95. The highest BCUT2D eigenvalue weighted by atomic mass is 35.5. The van der Waals surface area contributed by atoms with Crippen molar-refractivity contribution < 1.29 is 4.79 Å². The minimum atomic E-state index is -0.489. The normalized spacial score (nSPS) is 10.5. The summed E-state index contributed by atoms with van der Waals surface area (Å²) in [5, 5.41) is 4.66. The molecule has 17 heavy (non-hydrogen) atoms. The zero-order chi connectivity index (χ0) is 12.4. The van der Waals surface area contributed by atoms with E-state index in [1.165, 1.54) is 0 Å². The smallest absolute Gasteiger partial charge is 0.248 e. The molecule has 5 heteroatoms. The maximum Gasteiger partial charge on any atom is 0.248 e. The summed E-state index contributed by atoms with van der Waals surface area (Å²) in [6.07, 6.45) is 3.64. The monoisotopic (exact) mass is 249 g/mol. The molecule has 1 amide bonds. The van der Waals surface area contributed by atoms with Gasteiger partial charge in [-0.2, -0.15) is 5.10 Å². The molecule has 0 unspecified atom stereocenters. The number of benzene rings is 1. The second-order valence-corrected chi connectivity index (χ2v) is 4.11. The van der Waals surface area contributed by atoms with Gasteiger partial charge in [-0.1, -0.05) is 11.6 Å². The summed E-state index contributed by atoms with van der Waals surface area (Å²) in [5.74, 6) is -0.489. The molecule has 1 aromatic heterocycles. The first-order valence-corrected chi connectivity index (χ1v) is 5.61. The Morgan fingerprint density at radius 3 is 2.76 bits per heavy atom. The van der Waals surface area contributed by atoms with Crippen LogP contribution in [0.25, 0.3) is 11.1 Å². The zero-order valence-corrected chi connectivity index (χ0v) is 10.1. The molecule has 0 aliphatic heterocycles. The van der Waals surface area contributed by atoms with Crippen LogP contribution in [0.5, 0.6) is 0 Å². The largest absolute Gasteiger partial charge is 0.366 e. The van der Waals surface area contributed by atoms with Gasteiger partial charge >= 0.3 is 0 Å². The standard InChI is InChI=1S/C12H12ClN3O/c1-2-16-7-10(6-15-16)8-3-9(12(14)17)5-11(13)4-8/h3-7H,2H2,1H3,(H2,14,17). The van der Waals surface area contributed by atoms with Crippen LogP contribution in [0.15, 0.2) is 30.6 Å². The Morgan fingerprint density at radius 2 is 2.18 bits per heavy atom. The number of nitrogens with zero attached hydrogens (tertiary/aromatic N) is 2. The molecule has 4 nitrogen and oxygen atoms in total. The van der Waals surface area contributed by atoms with E-state index in [9.17, 15) is 4.79 Å². The molecule has 1 aromatic carbocycles. The van der Waals surface area contributed by atoms with Gasteiger partial charge in [0.05, 0.1) is 6.20 Å². The molecular formula is C12H12ClN3O. The summed E-state index contributed by atoms with van der Waals surface area (Å²) in [5.41, 5.74) is 7.39. The molecule has 0 atom stereocenters. The van der Waals surface area contributed by atoms with E-state index in [-0.39, 0.29) is 0 Å². The molecule has 0 aliphatic rings. The number of primary amides is 1. The van der Waals surface area contributed by atoms with Gasteiger partial charge in [0.15, 0.2) is 0 Å². The van der Waals surface area contributed by atoms with Crippen LogP contribution >= 0.6 is 11.6 Å². The Morgan fingerprint density at radius 1 is 1.41 bits per heavy atom. The fourth-order valence-corrected chi connectivity index (χ4v) is 1.82. The lowest BCUT2D eigenvalue weighted by atomic mass is 10.1. The first-order valence-electron chi connectivity index (χ1n) is 5.23. The number of nitrogens with two attached hydrogens (primary N) is 1. The van der Waals surface area contributed by atoms with Crippen molar-refractivity contribution in [3.05, 3.63) is 41.2 Å². The summed E-state index contributed by atoms with van der Waals surface area (Å²) in [6, 6.07) is 5.05. The lowest BCUT2D eigenvalue weighted by Gasteiger charge is -2.02. The van der Waals surface area contributed by atoms with Gasteiger partial charge in [0.1, 0.15) is 0 Å². The van der Waals surface area contributed by atoms with Crippen molar-refractivity contribution in [2.24, 2.45) is 5.73 Å². The molecule has 2 N–H and O–H groups in total. The van der Waals surface area contributed by atoms with E-state index in [1.807, 2.05) is 13.1 Å². The fourth-order valence-electron chi connectivity index (χ4n) is 1.58. The lowest BCUT2D eigenvalue weighted by molar-refractivity contribution is 0.100. The number of aryl methyl sites for hydroxylation is 1. The maximum absolute atomic E-state index is 11.1. The highest BCUT2D eigenvalue weighted by Gasteiger charge is 2.07. The first kappa shape index (κ1) is 11.7. The van der Waals surface area contributed by atoms with E-state index in [2.05, 4.69) is 5.10 Å². The number of amides is 1. The average Bonchev–Trinajstić information content (AvgIpc) is 2.76. The van der Waals surface area contributed by atoms with Crippen molar-refractivity contribution in [1.29, 1.82) is 0 Å². The number of aromatic nitrogens is 2. The van der Waals surface area contributed by atoms with Gasteiger partial charge in [0.25, 0.3) is 0 Å². The predicted octanol–water partition coefficient (Wildman–Crippen LogP) is 2.32. The third-order valence-corrected chi connectivity index (χ3v) is 2.69. The van der Waals surface area contributed by atoms with E-state index >= 15 is 0 Å². The van der Waals surface area contributed by atoms with E-state index in [4.69, 9.17) is 17.3 Å². The molecule has 0 radical (unpaired) electrons. The molecule has 0 fully saturated rings. The van der Waals surface area contributed by atoms with Crippen LogP contribution in [0.2, 0.25) is 5.02 Å². The van der Waals surface area contributed by atoms with Crippen molar-refractivity contribution in [2.75, 3.05) is 0 Å². The third-order valence-electron chi connectivity index (χ3n) is 2.47. The van der Waals surface area contributed by atoms with Gasteiger partial charge < -0.3 is 5.73 Å². The van der Waals surface area contributed by atoms with Gasteiger partial charge in [0, 0.05) is 28.9 Å². The average molecular weight is 250 g/mol. The lowest BCUT2D eigenvalue weighted by Crippen LogP contribution is -2.10. The molecule has 0 saturated heterocycles. The SMILES string of the molecule is CCn1cc(-c2cc(Cl)cc(C(N)=O)c2)cn1. The van der Waals surface area contributed by atoms with Crippen molar-refractivity contribution in [3.8, 4) is 11.1 Å². The summed E-state index contributed by atoms with van der Waals surface area (Å²) in [6.45, 7) is 2.80. The van der Waals surface area contributed by atoms with Crippen LogP contribution in [0.4, 0.5) is 0 Å². The Balaban J connectivity index is 2.47. The van der Waals surface area contributed by atoms with Gasteiger partial charge in [-0.25, -0.2) is 0 Å². The summed E-state index contributed by atoms with van der Waals surface area (Å²) < 4.78 is 1.81. The molecule has 0 saturated carbocycles. The Bertz CT molecular complexity index is 563. The van der Waals surface area contributed by atoms with Gasteiger partial charge in [-0.3, -0.25) is 9.48 Å². The molecule has 2 aromatic rings. The van der Waals surface area contributed by atoms with Crippen molar-refractivity contribution in [2.45, 2.75) is 13.5 Å². The summed E-state index contributed by atoms with van der Waals surface area (Å²) in [7, 11) is 0. The number of halogens is 1. The van der Waals surface area contributed by atoms with Crippen molar-refractivity contribution in [1.82, 2.24) is 9.78 Å². The number of carbonyl (C=O) groups excluding carboxylic acids is 1. The minimum Gasteiger partial charge on any atom is -0.366 e. The van der Waals surface area contributed by atoms with Crippen molar-refractivity contribution >= 4 is 17.5 Å². The van der Waals surface area contributed by atoms with Crippen LogP contribution in [0.1, 0.15) is 17.3 Å². The Kier molecular flexibility index (Phi) is 3.15. The van der Waals surface area contributed by atoms with E-state index in [0.717, 1.165) is 17.7 Å². The zero-order valence-electron chi connectivity index (χ0n) is 9.35. The quantitative estimate of drug-likeness (QED) is 0.908. The topological polar surface area (TPSA) is 60.9 Å². The maximum atomic E-state index is 11.1. The number of rotatable bonds is 3. The Labute approximate surface area is 104 Å². The van der Waals surface area contributed by atoms with Crippen LogP contribution in [0, 0.1) is 0 Å². The fraction of sp³-hybridized carbons (Fsp3) is 0.167. The van der Waals surface area contributed by atoms with Crippen molar-refractivity contribution in [3.63, 3.8) is 0 Å². The molecule has 1 heterocycles. The summed E-state index contributed by atoms with van der Waals surface area (Å²) in [4.78, 5) is 11.1. The third kappa shape index (κ3) is 2.47. The van der Waals surface area contributed by atoms with Crippen LogP contribution in [-0.2, 0) is 6.54 Å². The number of hydrogen-bond donors (Lipinski definition) is 1. The van der Waals surface area contributed by atoms with Crippen LogP contribution < -0.4 is 5.73 Å². The molecule has 0 spiro atoms. The highest BCUT2D eigenvalue weighted by molar-refractivity contribution is 6.31. The van der Waals surface area contributed by atoms with E-state index < -0.39 is 5.91 Å². The van der Waals surface area contributed by atoms with Gasteiger partial charge in [0.2, 0.25) is 5.91 Å². The first-order chi connectivity index (χ1) is 8.10. The molecule has 0 bridgehead atoms. The second-order valence-electron chi connectivity index (χ2n) is 3.68.